The van der Waals surface area contributed by atoms with Crippen molar-refractivity contribution in [1.82, 2.24) is 24.7 Å². The number of H-pyrrole nitrogens is 1. The molecule has 0 aliphatic heterocycles. The van der Waals surface area contributed by atoms with Crippen LogP contribution in [0, 0.1) is 6.92 Å². The molecule has 2 heterocycles. The topological polar surface area (TPSA) is 155 Å². The first-order valence-electron chi connectivity index (χ1n) is 9.55. The average Bonchev–Trinajstić information content (AvgIpc) is 3.10. The molecule has 0 aliphatic rings. The van der Waals surface area contributed by atoms with Crippen molar-refractivity contribution in [2.24, 2.45) is 10.2 Å². The Morgan fingerprint density at radius 1 is 1.05 bits per heavy atom. The molecular formula is C19H11Cl4KN8O4S. The molecule has 0 aliphatic carbocycles. The minimum Gasteiger partial charge on any atom is -0.691 e. The minimum atomic E-state index is -0.516. The number of hydrogen-bond acceptors (Lipinski definition) is 11. The summed E-state index contributed by atoms with van der Waals surface area (Å²) in [7, 11) is 0. The standard InChI is InChI=1S/C19H12Cl4N8O4S.K/c1-8-15(16(32)31(30-8)13-6-12(21)14(7-11(13)20)36-35-34-33)29-28-10-4-2-3-9(5-10)24-19-26-17(22)25-18(23)27-19;/h2-7,30,33H,1H3,(H,24,25,26,27);/q;+1/p-1. The van der Waals surface area contributed by atoms with E-state index in [-0.39, 0.29) is 89.3 Å². The summed E-state index contributed by atoms with van der Waals surface area (Å²) in [6.07, 6.45) is 0. The number of aryl methyl sites for hydroxylation is 1. The molecule has 0 saturated carbocycles. The Morgan fingerprint density at radius 3 is 2.49 bits per heavy atom. The van der Waals surface area contributed by atoms with E-state index in [4.69, 9.17) is 46.4 Å². The maximum atomic E-state index is 13.0. The zero-order valence-corrected chi connectivity index (χ0v) is 25.7. The molecule has 4 rings (SSSR count). The fourth-order valence-electron chi connectivity index (χ4n) is 2.89. The van der Waals surface area contributed by atoms with E-state index in [9.17, 15) is 10.1 Å². The zero-order valence-electron chi connectivity index (χ0n) is 18.7. The number of nitrogens with zero attached hydrogens (tertiary/aromatic N) is 6. The van der Waals surface area contributed by atoms with Crippen molar-refractivity contribution in [2.75, 3.05) is 5.32 Å². The number of anilines is 2. The third-order valence-corrected chi connectivity index (χ3v) is 6.09. The Balaban J connectivity index is 0.00000380. The summed E-state index contributed by atoms with van der Waals surface area (Å²) in [4.78, 5) is 24.9. The van der Waals surface area contributed by atoms with E-state index in [1.54, 1.807) is 31.2 Å². The smallest absolute Gasteiger partial charge is 0.691 e. The van der Waals surface area contributed by atoms with Crippen LogP contribution in [0.15, 0.2) is 56.3 Å². The van der Waals surface area contributed by atoms with Gasteiger partial charge in [-0.1, -0.05) is 29.3 Å². The third-order valence-electron chi connectivity index (χ3n) is 4.38. The van der Waals surface area contributed by atoms with Crippen molar-refractivity contribution in [3.05, 3.63) is 73.1 Å². The molecule has 0 unspecified atom stereocenters. The van der Waals surface area contributed by atoms with Gasteiger partial charge in [0.2, 0.25) is 16.5 Å². The van der Waals surface area contributed by atoms with Gasteiger partial charge in [0.25, 0.3) is 5.56 Å². The minimum absolute atomic E-state index is 0. The monoisotopic (exact) mass is 626 g/mol. The molecule has 0 fully saturated rings. The van der Waals surface area contributed by atoms with E-state index in [0.717, 1.165) is 0 Å². The number of hydrogen-bond donors (Lipinski definition) is 2. The van der Waals surface area contributed by atoms with Gasteiger partial charge in [0.15, 0.2) is 5.69 Å². The van der Waals surface area contributed by atoms with Crippen LogP contribution in [-0.4, -0.2) is 24.7 Å². The first-order valence-corrected chi connectivity index (χ1v) is 11.8. The summed E-state index contributed by atoms with van der Waals surface area (Å²) < 4.78 is 5.43. The second-order valence-electron chi connectivity index (χ2n) is 6.75. The van der Waals surface area contributed by atoms with Crippen LogP contribution in [0.5, 0.6) is 0 Å². The number of benzene rings is 2. The van der Waals surface area contributed by atoms with E-state index >= 15 is 0 Å². The van der Waals surface area contributed by atoms with Crippen molar-refractivity contribution in [3.8, 4) is 5.69 Å². The van der Waals surface area contributed by atoms with Gasteiger partial charge in [-0.25, -0.2) is 4.68 Å². The van der Waals surface area contributed by atoms with Crippen LogP contribution in [0.3, 0.4) is 0 Å². The number of azo groups is 1. The average molecular weight is 628 g/mol. The van der Waals surface area contributed by atoms with Crippen molar-refractivity contribution in [1.29, 1.82) is 0 Å². The number of aromatic amines is 1. The van der Waals surface area contributed by atoms with Gasteiger partial charge in [0, 0.05) is 5.69 Å². The molecule has 2 aromatic heterocycles. The van der Waals surface area contributed by atoms with Crippen molar-refractivity contribution < 1.29 is 66.0 Å². The molecule has 0 radical (unpaired) electrons. The fourth-order valence-corrected chi connectivity index (χ4v) is 4.23. The number of nitrogens with one attached hydrogen (secondary N) is 2. The maximum absolute atomic E-state index is 13.0. The first kappa shape index (κ1) is 30.4. The Morgan fingerprint density at radius 2 is 1.78 bits per heavy atom. The van der Waals surface area contributed by atoms with Crippen LogP contribution < -0.4 is 67.5 Å². The van der Waals surface area contributed by atoms with Crippen molar-refractivity contribution in [2.45, 2.75) is 11.8 Å². The Hall–Kier alpha value is -1.11. The second-order valence-corrected chi connectivity index (χ2v) is 8.98. The Kier molecular flexibility index (Phi) is 11.3. The zero-order chi connectivity index (χ0) is 25.8. The van der Waals surface area contributed by atoms with Gasteiger partial charge in [-0.2, -0.15) is 24.4 Å². The fraction of sp³-hybridized carbons (Fsp3) is 0.0526. The Labute approximate surface area is 275 Å². The summed E-state index contributed by atoms with van der Waals surface area (Å²) in [5.41, 5.74) is 1.22. The molecule has 2 N–H and O–H groups in total. The van der Waals surface area contributed by atoms with Crippen molar-refractivity contribution in [3.63, 3.8) is 0 Å². The number of rotatable bonds is 8. The number of aromatic nitrogens is 5. The van der Waals surface area contributed by atoms with Gasteiger partial charge in [-0.3, -0.25) is 14.9 Å². The molecular weight excluding hydrogens is 617 g/mol. The summed E-state index contributed by atoms with van der Waals surface area (Å²) >= 11 is 24.7. The van der Waals surface area contributed by atoms with Crippen LogP contribution in [0.4, 0.5) is 23.0 Å². The maximum Gasteiger partial charge on any atom is 1.00 e. The van der Waals surface area contributed by atoms with Gasteiger partial charge in [0.1, 0.15) is 0 Å². The summed E-state index contributed by atoms with van der Waals surface area (Å²) in [6.45, 7) is 1.65. The molecule has 37 heavy (non-hydrogen) atoms. The van der Waals surface area contributed by atoms with E-state index in [1.807, 2.05) is 0 Å². The molecule has 12 nitrogen and oxygen atoms in total. The number of halogens is 4. The SMILES string of the molecule is Cc1[nH]n(-c2cc(Cl)c(SOO[O-])cc2Cl)c(=O)c1N=Nc1cccc(Nc2nc(Cl)nc(Cl)n2)c1.[K+]. The molecule has 0 bridgehead atoms. The molecule has 186 valence electrons. The molecule has 2 aromatic carbocycles. The Bertz CT molecular complexity index is 1500. The normalized spacial score (nSPS) is 11.1. The molecule has 4 aromatic rings. The third kappa shape index (κ3) is 7.73. The van der Waals surface area contributed by atoms with E-state index in [1.165, 1.54) is 16.8 Å². The van der Waals surface area contributed by atoms with Crippen LogP contribution in [0.25, 0.3) is 5.69 Å². The van der Waals surface area contributed by atoms with Crippen molar-refractivity contribution >= 4 is 81.5 Å². The molecule has 0 saturated heterocycles. The van der Waals surface area contributed by atoms with Crippen LogP contribution in [0.1, 0.15) is 5.69 Å². The van der Waals surface area contributed by atoms with Gasteiger partial charge >= 0.3 is 51.4 Å². The predicted octanol–water partition coefficient (Wildman–Crippen LogP) is 2.67. The molecule has 0 amide bonds. The summed E-state index contributed by atoms with van der Waals surface area (Å²) in [6, 6.07) is 9.62. The van der Waals surface area contributed by atoms with Crippen LogP contribution in [0.2, 0.25) is 20.6 Å². The van der Waals surface area contributed by atoms with Crippen LogP contribution in [-0.2, 0) is 9.37 Å². The van der Waals surface area contributed by atoms with Gasteiger partial charge in [-0.05, 0) is 60.5 Å². The summed E-state index contributed by atoms with van der Waals surface area (Å²) in [5.74, 6) is 0.144. The largest absolute Gasteiger partial charge is 1.00 e. The second kappa shape index (κ2) is 13.8. The van der Waals surface area contributed by atoms with E-state index < -0.39 is 5.56 Å². The first-order chi connectivity index (χ1) is 17.2. The molecule has 0 spiro atoms. The van der Waals surface area contributed by atoms with Gasteiger partial charge in [0.05, 0.1) is 44.1 Å². The molecule has 0 atom stereocenters. The van der Waals surface area contributed by atoms with E-state index in [2.05, 4.69) is 45.0 Å². The van der Waals surface area contributed by atoms with E-state index in [0.29, 0.717) is 34.0 Å². The van der Waals surface area contributed by atoms with Crippen LogP contribution >= 0.6 is 58.4 Å². The van der Waals surface area contributed by atoms with Gasteiger partial charge in [-0.15, -0.1) is 5.11 Å². The molecule has 18 heteroatoms. The summed E-state index contributed by atoms with van der Waals surface area (Å²) in [5, 5.41) is 27.6. The van der Waals surface area contributed by atoms with Gasteiger partial charge < -0.3 is 10.6 Å². The quantitative estimate of drug-likeness (QED) is 0.0986. The predicted molar refractivity (Wildman–Crippen MR) is 133 cm³/mol.